The van der Waals surface area contributed by atoms with Gasteiger partial charge in [0.15, 0.2) is 11.5 Å². The zero-order chi connectivity index (χ0) is 20.8. The number of rotatable bonds is 7. The van der Waals surface area contributed by atoms with Gasteiger partial charge in [-0.05, 0) is 29.1 Å². The minimum absolute atomic E-state index is 0.257. The molecule has 0 saturated heterocycles. The topological polar surface area (TPSA) is 76.7 Å². The number of fused-ring (bicyclic) bond motifs is 1. The van der Waals surface area contributed by atoms with Crippen LogP contribution in [0.2, 0.25) is 0 Å². The van der Waals surface area contributed by atoms with E-state index < -0.39 is 6.04 Å². The maximum atomic E-state index is 12.9. The molecular weight excluding hydrogens is 400 g/mol. The zero-order valence-corrected chi connectivity index (χ0v) is 17.1. The van der Waals surface area contributed by atoms with Crippen molar-refractivity contribution in [1.82, 2.24) is 10.6 Å². The van der Waals surface area contributed by atoms with Gasteiger partial charge in [0.05, 0.1) is 11.4 Å². The molecule has 7 heteroatoms. The second-order valence-corrected chi connectivity index (χ2v) is 7.88. The van der Waals surface area contributed by atoms with Crippen LogP contribution in [0, 0.1) is 0 Å². The third kappa shape index (κ3) is 4.99. The van der Waals surface area contributed by atoms with Gasteiger partial charge < -0.3 is 20.1 Å². The molecule has 0 saturated carbocycles. The van der Waals surface area contributed by atoms with Crippen molar-refractivity contribution in [2.45, 2.75) is 18.6 Å². The van der Waals surface area contributed by atoms with E-state index in [-0.39, 0.29) is 24.5 Å². The molecular formula is C23H22N2O4S. The van der Waals surface area contributed by atoms with E-state index in [0.717, 1.165) is 5.56 Å². The smallest absolute Gasteiger partial charge is 0.262 e. The first kappa shape index (κ1) is 20.0. The number of ether oxygens (including phenoxy) is 2. The third-order valence-corrected chi connectivity index (χ3v) is 5.59. The van der Waals surface area contributed by atoms with Crippen LogP contribution in [0.5, 0.6) is 11.5 Å². The molecule has 2 heterocycles. The third-order valence-electron chi connectivity index (χ3n) is 4.72. The lowest BCUT2D eigenvalue weighted by molar-refractivity contribution is -0.123. The van der Waals surface area contributed by atoms with Crippen LogP contribution in [-0.4, -0.2) is 37.1 Å². The summed E-state index contributed by atoms with van der Waals surface area (Å²) >= 11 is 1.34. The highest BCUT2D eigenvalue weighted by Gasteiger charge is 2.25. The molecule has 2 N–H and O–H groups in total. The van der Waals surface area contributed by atoms with Crippen LogP contribution in [0.3, 0.4) is 0 Å². The molecule has 30 heavy (non-hydrogen) atoms. The van der Waals surface area contributed by atoms with Crippen molar-refractivity contribution in [2.75, 3.05) is 13.2 Å². The van der Waals surface area contributed by atoms with E-state index in [4.69, 9.17) is 9.47 Å². The zero-order valence-electron chi connectivity index (χ0n) is 16.2. The molecule has 3 aromatic rings. The SMILES string of the molecule is O=C(N[C@@H](Cc1ccccc1)C(=O)NC[C@@H]1COc2ccccc2O1)c1cccs1. The fourth-order valence-electron chi connectivity index (χ4n) is 3.20. The lowest BCUT2D eigenvalue weighted by atomic mass is 10.0. The standard InChI is InChI=1S/C23H22N2O4S/c26-22(24-14-17-15-28-19-9-4-5-10-20(19)29-17)18(13-16-7-2-1-3-8-16)25-23(27)21-11-6-12-30-21/h1-12,17-18H,13-15H2,(H,24,26)(H,25,27)/t17-,18+/m1/s1. The summed E-state index contributed by atoms with van der Waals surface area (Å²) < 4.78 is 11.6. The lowest BCUT2D eigenvalue weighted by Gasteiger charge is -2.27. The predicted octanol–water partition coefficient (Wildman–Crippen LogP) is 3.05. The fraction of sp³-hybridized carbons (Fsp3) is 0.217. The molecule has 0 spiro atoms. The maximum Gasteiger partial charge on any atom is 0.262 e. The minimum atomic E-state index is -0.696. The van der Waals surface area contributed by atoms with Crippen LogP contribution in [-0.2, 0) is 11.2 Å². The predicted molar refractivity (Wildman–Crippen MR) is 115 cm³/mol. The molecule has 4 rings (SSSR count). The van der Waals surface area contributed by atoms with E-state index >= 15 is 0 Å². The molecule has 2 atom stereocenters. The van der Waals surface area contributed by atoms with E-state index in [2.05, 4.69) is 10.6 Å². The van der Waals surface area contributed by atoms with Gasteiger partial charge in [0, 0.05) is 6.42 Å². The molecule has 2 aromatic carbocycles. The van der Waals surface area contributed by atoms with Crippen molar-refractivity contribution in [3.63, 3.8) is 0 Å². The van der Waals surface area contributed by atoms with Gasteiger partial charge in [0.2, 0.25) is 5.91 Å². The number of para-hydroxylation sites is 2. The summed E-state index contributed by atoms with van der Waals surface area (Å²) in [5.41, 5.74) is 0.968. The molecule has 0 bridgehead atoms. The van der Waals surface area contributed by atoms with Gasteiger partial charge in [0.1, 0.15) is 18.8 Å². The lowest BCUT2D eigenvalue weighted by Crippen LogP contribution is -2.50. The molecule has 2 amide bonds. The number of nitrogens with one attached hydrogen (secondary N) is 2. The molecule has 6 nitrogen and oxygen atoms in total. The van der Waals surface area contributed by atoms with Gasteiger partial charge in [-0.3, -0.25) is 9.59 Å². The Balaban J connectivity index is 1.39. The summed E-state index contributed by atoms with van der Waals surface area (Å²) in [6.45, 7) is 0.634. The number of carbonyl (C=O) groups is 2. The van der Waals surface area contributed by atoms with Crippen molar-refractivity contribution >= 4 is 23.2 Å². The Bertz CT molecular complexity index is 991. The monoisotopic (exact) mass is 422 g/mol. The van der Waals surface area contributed by atoms with Gasteiger partial charge in [-0.2, -0.15) is 0 Å². The maximum absolute atomic E-state index is 12.9. The number of hydrogen-bond acceptors (Lipinski definition) is 5. The summed E-state index contributed by atoms with van der Waals surface area (Å²) in [7, 11) is 0. The molecule has 1 aliphatic heterocycles. The average Bonchev–Trinajstić information content (AvgIpc) is 3.33. The summed E-state index contributed by atoms with van der Waals surface area (Å²) in [5.74, 6) is 0.846. The van der Waals surface area contributed by atoms with E-state index in [1.165, 1.54) is 11.3 Å². The van der Waals surface area contributed by atoms with Crippen molar-refractivity contribution in [3.05, 3.63) is 82.6 Å². The number of thiophene rings is 1. The molecule has 0 unspecified atom stereocenters. The first-order chi connectivity index (χ1) is 14.7. The van der Waals surface area contributed by atoms with Crippen LogP contribution >= 0.6 is 11.3 Å². The Morgan fingerprint density at radius 2 is 1.77 bits per heavy atom. The minimum Gasteiger partial charge on any atom is -0.486 e. The van der Waals surface area contributed by atoms with Crippen LogP contribution in [0.25, 0.3) is 0 Å². The fourth-order valence-corrected chi connectivity index (χ4v) is 3.82. The summed E-state index contributed by atoms with van der Waals surface area (Å²) in [4.78, 5) is 26.0. The number of benzene rings is 2. The van der Waals surface area contributed by atoms with Crippen molar-refractivity contribution in [1.29, 1.82) is 0 Å². The highest BCUT2D eigenvalue weighted by molar-refractivity contribution is 7.12. The van der Waals surface area contributed by atoms with E-state index in [1.807, 2.05) is 66.0 Å². The Hall–Kier alpha value is -3.32. The number of hydrogen-bond donors (Lipinski definition) is 2. The van der Waals surface area contributed by atoms with E-state index in [0.29, 0.717) is 29.4 Å². The van der Waals surface area contributed by atoms with Gasteiger partial charge in [-0.25, -0.2) is 0 Å². The molecule has 0 fully saturated rings. The first-order valence-corrected chi connectivity index (χ1v) is 10.6. The Labute approximate surface area is 178 Å². The molecule has 0 radical (unpaired) electrons. The van der Waals surface area contributed by atoms with E-state index in [9.17, 15) is 9.59 Å². The number of carbonyl (C=O) groups excluding carboxylic acids is 2. The second kappa shape index (κ2) is 9.45. The highest BCUT2D eigenvalue weighted by Crippen LogP contribution is 2.30. The van der Waals surface area contributed by atoms with Gasteiger partial charge in [-0.15, -0.1) is 11.3 Å². The Morgan fingerprint density at radius 1 is 1.00 bits per heavy atom. The average molecular weight is 423 g/mol. The largest absolute Gasteiger partial charge is 0.486 e. The summed E-state index contributed by atoms with van der Waals surface area (Å²) in [5, 5.41) is 7.59. The quantitative estimate of drug-likeness (QED) is 0.614. The molecule has 1 aromatic heterocycles. The summed E-state index contributed by atoms with van der Waals surface area (Å²) in [6, 6.07) is 19.9. The molecule has 1 aliphatic rings. The Kier molecular flexibility index (Phi) is 6.29. The normalized spacial score (nSPS) is 15.8. The summed E-state index contributed by atoms with van der Waals surface area (Å²) in [6.07, 6.45) is 0.100. The van der Waals surface area contributed by atoms with Gasteiger partial charge >= 0.3 is 0 Å². The van der Waals surface area contributed by atoms with Gasteiger partial charge in [0.25, 0.3) is 5.91 Å². The van der Waals surface area contributed by atoms with Crippen molar-refractivity contribution in [2.24, 2.45) is 0 Å². The van der Waals surface area contributed by atoms with Crippen molar-refractivity contribution < 1.29 is 19.1 Å². The highest BCUT2D eigenvalue weighted by atomic mass is 32.1. The molecule has 0 aliphatic carbocycles. The Morgan fingerprint density at radius 3 is 2.53 bits per heavy atom. The van der Waals surface area contributed by atoms with Crippen LogP contribution in [0.1, 0.15) is 15.2 Å². The van der Waals surface area contributed by atoms with Gasteiger partial charge in [-0.1, -0.05) is 48.5 Å². The van der Waals surface area contributed by atoms with Crippen LogP contribution in [0.4, 0.5) is 0 Å². The van der Waals surface area contributed by atoms with Crippen molar-refractivity contribution in [3.8, 4) is 11.5 Å². The second-order valence-electron chi connectivity index (χ2n) is 6.94. The number of amides is 2. The van der Waals surface area contributed by atoms with Crippen LogP contribution in [0.15, 0.2) is 72.1 Å². The molecule has 154 valence electrons. The van der Waals surface area contributed by atoms with E-state index in [1.54, 1.807) is 6.07 Å². The van der Waals surface area contributed by atoms with Crippen LogP contribution < -0.4 is 20.1 Å². The first-order valence-electron chi connectivity index (χ1n) is 9.73.